The molecule has 0 saturated heterocycles. The topological polar surface area (TPSA) is 161 Å². The molecule has 14 nitrogen and oxygen atoms in total. The van der Waals surface area contributed by atoms with Crippen molar-refractivity contribution < 1.29 is 8.83 Å². The Balaban J connectivity index is 0.938. The fourth-order valence-corrected chi connectivity index (χ4v) is 9.97. The average molecular weight is 845 g/mol. The van der Waals surface area contributed by atoms with Crippen LogP contribution in [-0.2, 0) is 19.6 Å². The number of nitrogens with one attached hydrogen (secondary N) is 1. The molecule has 3 aromatic carbocycles. The van der Waals surface area contributed by atoms with E-state index in [2.05, 4.69) is 10.1 Å². The maximum Gasteiger partial charge on any atom is 0.283 e. The first-order chi connectivity index (χ1) is 29.7. The van der Waals surface area contributed by atoms with Crippen molar-refractivity contribution >= 4 is 64.9 Å². The fourth-order valence-electron chi connectivity index (χ4n) is 8.03. The molecule has 8 aromatic heterocycles. The molecule has 16 heteroatoms. The quantitative estimate of drug-likeness (QED) is 0.156. The Labute approximate surface area is 351 Å². The smallest absolute Gasteiger partial charge is 0.283 e. The van der Waals surface area contributed by atoms with Crippen LogP contribution in [0, 0.1) is 13.8 Å². The molecule has 0 aliphatic heterocycles. The lowest BCUT2D eigenvalue weighted by molar-refractivity contribution is 0.487. The van der Waals surface area contributed by atoms with Crippen LogP contribution in [-0.4, -0.2) is 38.2 Å². The van der Waals surface area contributed by atoms with Gasteiger partial charge >= 0.3 is 0 Å². The van der Waals surface area contributed by atoms with Crippen molar-refractivity contribution in [2.75, 3.05) is 0 Å². The third-order valence-electron chi connectivity index (χ3n) is 11.1. The Morgan fingerprint density at radius 2 is 1.36 bits per heavy atom. The minimum atomic E-state index is -0.292. The summed E-state index contributed by atoms with van der Waals surface area (Å²) in [7, 11) is 0. The van der Waals surface area contributed by atoms with Gasteiger partial charge in [-0.05, 0) is 74.0 Å². The number of aromatic nitrogens is 8. The maximum atomic E-state index is 14.5. The summed E-state index contributed by atoms with van der Waals surface area (Å²) in [4.78, 5) is 64.8. The number of hydrogen-bond donors (Lipinski definition) is 1. The fraction of sp³-hybridized carbons (Fsp3) is 0.111. The number of aryl methyl sites for hydroxylation is 2. The summed E-state index contributed by atoms with van der Waals surface area (Å²) in [5.41, 5.74) is 4.08. The van der Waals surface area contributed by atoms with Crippen molar-refractivity contribution in [2.45, 2.75) is 33.5 Å². The number of H-pyrrole nitrogens is 1. The Morgan fingerprint density at radius 1 is 0.639 bits per heavy atom. The minimum Gasteiger partial charge on any atom is -0.467 e. The van der Waals surface area contributed by atoms with Crippen LogP contribution in [0.1, 0.15) is 28.5 Å². The number of fused-ring (bicyclic) bond motifs is 4. The summed E-state index contributed by atoms with van der Waals surface area (Å²) in [6, 6.07) is 33.3. The van der Waals surface area contributed by atoms with E-state index in [1.165, 1.54) is 44.1 Å². The van der Waals surface area contributed by atoms with E-state index >= 15 is 0 Å². The van der Waals surface area contributed by atoms with E-state index in [4.69, 9.17) is 13.8 Å². The molecular formula is C45H32N8O6S2. The van der Waals surface area contributed by atoms with Crippen molar-refractivity contribution in [1.82, 2.24) is 38.2 Å². The van der Waals surface area contributed by atoms with Gasteiger partial charge in [-0.3, -0.25) is 29.0 Å². The highest BCUT2D eigenvalue weighted by atomic mass is 32.1. The number of thiazole rings is 2. The van der Waals surface area contributed by atoms with Gasteiger partial charge in [0.05, 0.1) is 68.1 Å². The first-order valence-corrected chi connectivity index (χ1v) is 21.0. The molecule has 0 bridgehead atoms. The van der Waals surface area contributed by atoms with Crippen molar-refractivity contribution in [3.05, 3.63) is 185 Å². The molecule has 11 rings (SSSR count). The number of aromatic amines is 1. The van der Waals surface area contributed by atoms with Gasteiger partial charge in [-0.25, -0.2) is 9.97 Å². The molecule has 0 spiro atoms. The zero-order valence-electron chi connectivity index (χ0n) is 32.5. The number of para-hydroxylation sites is 1. The molecule has 1 N–H and O–H groups in total. The van der Waals surface area contributed by atoms with Crippen molar-refractivity contribution in [2.24, 2.45) is 0 Å². The van der Waals surface area contributed by atoms with Crippen molar-refractivity contribution in [1.29, 1.82) is 0 Å². The second kappa shape index (κ2) is 14.0. The second-order valence-electron chi connectivity index (χ2n) is 14.8. The predicted molar refractivity (Wildman–Crippen MR) is 236 cm³/mol. The van der Waals surface area contributed by atoms with E-state index in [0.29, 0.717) is 72.8 Å². The molecule has 8 heterocycles. The molecule has 0 atom stereocenters. The summed E-state index contributed by atoms with van der Waals surface area (Å²) < 4.78 is 21.5. The van der Waals surface area contributed by atoms with Gasteiger partial charge in [0.2, 0.25) is 10.3 Å². The Morgan fingerprint density at radius 3 is 2.16 bits per heavy atom. The molecule has 61 heavy (non-hydrogen) atoms. The molecule has 0 radical (unpaired) electrons. The van der Waals surface area contributed by atoms with Crippen LogP contribution in [0.15, 0.2) is 143 Å². The number of hydrogen-bond acceptors (Lipinski definition) is 10. The number of furan rings is 2. The van der Waals surface area contributed by atoms with E-state index in [1.54, 1.807) is 41.5 Å². The standard InChI is InChI=1S/C45H32N8O6S2/c1-25-40-33(48-52(42(40)56)44-46-31-12-6-7-13-36(31)60-44)20-38(54)50(25)24-30-15-17-35(59-30)28-14-16-32-37(19-28)61-45(47-32)53-43(57)41-26(2)49(23-29-11-8-18-58-29)39(55)21-34(41)51(53)22-27-9-4-3-5-10-27/h3-21,48H,22-24H2,1-2H3. The van der Waals surface area contributed by atoms with Crippen LogP contribution in [0.3, 0.4) is 0 Å². The molecule has 11 aromatic rings. The number of rotatable bonds is 9. The molecule has 0 saturated carbocycles. The van der Waals surface area contributed by atoms with Gasteiger partial charge in [-0.1, -0.05) is 65.1 Å². The van der Waals surface area contributed by atoms with Crippen LogP contribution >= 0.6 is 22.7 Å². The van der Waals surface area contributed by atoms with E-state index < -0.39 is 0 Å². The molecular weight excluding hydrogens is 813 g/mol. The van der Waals surface area contributed by atoms with Gasteiger partial charge in [-0.2, -0.15) is 9.36 Å². The number of benzene rings is 3. The van der Waals surface area contributed by atoms with Gasteiger partial charge in [0.1, 0.15) is 17.3 Å². The Hall–Kier alpha value is -7.56. The Kier molecular flexibility index (Phi) is 8.40. The molecule has 0 fully saturated rings. The van der Waals surface area contributed by atoms with E-state index in [0.717, 1.165) is 26.0 Å². The van der Waals surface area contributed by atoms with Crippen LogP contribution in [0.4, 0.5) is 0 Å². The first-order valence-electron chi connectivity index (χ1n) is 19.3. The summed E-state index contributed by atoms with van der Waals surface area (Å²) in [5.74, 6) is 1.71. The average Bonchev–Trinajstić information content (AvgIpc) is 4.12. The summed E-state index contributed by atoms with van der Waals surface area (Å²) in [6.45, 7) is 4.17. The summed E-state index contributed by atoms with van der Waals surface area (Å²) in [5, 5.41) is 4.84. The largest absolute Gasteiger partial charge is 0.467 e. The number of nitrogens with zero attached hydrogens (tertiary/aromatic N) is 7. The van der Waals surface area contributed by atoms with Gasteiger partial charge in [0, 0.05) is 29.1 Å². The first kappa shape index (κ1) is 36.5. The van der Waals surface area contributed by atoms with Gasteiger partial charge < -0.3 is 18.0 Å². The second-order valence-corrected chi connectivity index (χ2v) is 16.8. The third kappa shape index (κ3) is 6.05. The van der Waals surface area contributed by atoms with E-state index in [-0.39, 0.29) is 35.3 Å². The van der Waals surface area contributed by atoms with Crippen LogP contribution < -0.4 is 22.2 Å². The van der Waals surface area contributed by atoms with Gasteiger partial charge in [0.15, 0.2) is 0 Å². The van der Waals surface area contributed by atoms with Crippen LogP contribution in [0.25, 0.3) is 63.8 Å². The molecule has 300 valence electrons. The summed E-state index contributed by atoms with van der Waals surface area (Å²) in [6.07, 6.45) is 1.56. The highest BCUT2D eigenvalue weighted by molar-refractivity contribution is 7.21. The number of pyridine rings is 2. The normalized spacial score (nSPS) is 11.9. The maximum absolute atomic E-state index is 14.5. The Bertz CT molecular complexity index is 3730. The highest BCUT2D eigenvalue weighted by Gasteiger charge is 2.24. The van der Waals surface area contributed by atoms with Crippen LogP contribution in [0.2, 0.25) is 0 Å². The zero-order valence-corrected chi connectivity index (χ0v) is 34.1. The molecule has 0 unspecified atom stereocenters. The van der Waals surface area contributed by atoms with E-state index in [1.807, 2.05) is 89.6 Å². The lowest BCUT2D eigenvalue weighted by Gasteiger charge is -2.12. The van der Waals surface area contributed by atoms with E-state index in [9.17, 15) is 19.2 Å². The lowest BCUT2D eigenvalue weighted by Crippen LogP contribution is -2.23. The monoisotopic (exact) mass is 844 g/mol. The van der Waals surface area contributed by atoms with Gasteiger partial charge in [0.25, 0.3) is 22.2 Å². The predicted octanol–water partition coefficient (Wildman–Crippen LogP) is 7.58. The SMILES string of the molecule is Cc1c2c(=O)n(-c3nc4ccccc4s3)[nH]c2cc(=O)n1Cc1ccc(-c2ccc3nc(-n4c(=O)c5c(C)n(Cc6ccco6)c(=O)cc5n4Cc4ccccc4)sc3c2)o1. The summed E-state index contributed by atoms with van der Waals surface area (Å²) >= 11 is 2.74. The van der Waals surface area contributed by atoms with Crippen molar-refractivity contribution in [3.8, 4) is 21.6 Å². The zero-order chi connectivity index (χ0) is 41.5. The molecule has 0 aliphatic carbocycles. The van der Waals surface area contributed by atoms with Crippen molar-refractivity contribution in [3.63, 3.8) is 0 Å². The van der Waals surface area contributed by atoms with Gasteiger partial charge in [-0.15, -0.1) is 0 Å². The molecule has 0 amide bonds. The minimum absolute atomic E-state index is 0.111. The molecule has 0 aliphatic rings. The van der Waals surface area contributed by atoms with Crippen LogP contribution in [0.5, 0.6) is 0 Å². The lowest BCUT2D eigenvalue weighted by atomic mass is 10.2. The third-order valence-corrected chi connectivity index (χ3v) is 13.1. The highest BCUT2D eigenvalue weighted by Crippen LogP contribution is 2.32.